The highest BCUT2D eigenvalue weighted by Gasteiger charge is 2.20. The maximum atomic E-state index is 14.1. The van der Waals surface area contributed by atoms with Gasteiger partial charge in [0.2, 0.25) is 0 Å². The molecule has 3 nitrogen and oxygen atoms in total. The predicted octanol–water partition coefficient (Wildman–Crippen LogP) is 4.18. The van der Waals surface area contributed by atoms with Gasteiger partial charge < -0.3 is 10.1 Å². The third-order valence-corrected chi connectivity index (χ3v) is 5.33. The molecule has 0 fully saturated rings. The number of hydrogen-bond acceptors (Lipinski definition) is 4. The van der Waals surface area contributed by atoms with Gasteiger partial charge in [-0.3, -0.25) is 4.79 Å². The van der Waals surface area contributed by atoms with Crippen molar-refractivity contribution in [3.8, 4) is 0 Å². The maximum absolute atomic E-state index is 14.1. The monoisotopic (exact) mass is 335 g/mol. The smallest absolute Gasteiger partial charge is 0.262 e. The number of rotatable bonds is 5. The van der Waals surface area contributed by atoms with Crippen LogP contribution in [0.25, 0.3) is 10.1 Å². The van der Waals surface area contributed by atoms with E-state index in [0.29, 0.717) is 22.4 Å². The number of ether oxygens (including phenoxy) is 1. The summed E-state index contributed by atoms with van der Waals surface area (Å²) in [6.45, 7) is 0.683. The molecule has 114 valence electrons. The van der Waals surface area contributed by atoms with Crippen LogP contribution < -0.4 is 5.32 Å². The van der Waals surface area contributed by atoms with E-state index in [1.54, 1.807) is 17.4 Å². The molecule has 0 spiro atoms. The van der Waals surface area contributed by atoms with Crippen LogP contribution in [0.1, 0.15) is 20.1 Å². The molecule has 6 heteroatoms. The fourth-order valence-corrected chi connectivity index (χ4v) is 4.08. The van der Waals surface area contributed by atoms with Crippen LogP contribution in [-0.2, 0) is 17.9 Å². The van der Waals surface area contributed by atoms with Crippen molar-refractivity contribution in [2.24, 2.45) is 0 Å². The topological polar surface area (TPSA) is 38.3 Å². The van der Waals surface area contributed by atoms with Gasteiger partial charge in [0, 0.05) is 27.6 Å². The molecule has 3 aromatic rings. The molecule has 0 aliphatic carbocycles. The lowest BCUT2D eigenvalue weighted by Gasteiger charge is -2.05. The summed E-state index contributed by atoms with van der Waals surface area (Å²) in [5.41, 5.74) is 0.615. The average molecular weight is 335 g/mol. The Bertz CT molecular complexity index is 796. The van der Waals surface area contributed by atoms with E-state index in [9.17, 15) is 9.18 Å². The van der Waals surface area contributed by atoms with Crippen molar-refractivity contribution in [1.29, 1.82) is 0 Å². The molecule has 0 radical (unpaired) electrons. The highest BCUT2D eigenvalue weighted by Crippen LogP contribution is 2.33. The largest absolute Gasteiger partial charge is 0.380 e. The fraction of sp³-hybridized carbons (Fsp3) is 0.188. The van der Waals surface area contributed by atoms with Crippen LogP contribution in [0, 0.1) is 5.82 Å². The zero-order valence-electron chi connectivity index (χ0n) is 11.9. The van der Waals surface area contributed by atoms with E-state index in [4.69, 9.17) is 4.74 Å². The molecule has 0 atom stereocenters. The number of carbonyl (C=O) groups excluding carboxylic acids is 1. The summed E-state index contributed by atoms with van der Waals surface area (Å²) in [6, 6.07) is 8.78. The van der Waals surface area contributed by atoms with Gasteiger partial charge in [0.05, 0.1) is 18.0 Å². The molecule has 2 heterocycles. The van der Waals surface area contributed by atoms with Crippen molar-refractivity contribution in [1.82, 2.24) is 5.32 Å². The summed E-state index contributed by atoms with van der Waals surface area (Å²) in [5, 5.41) is 5.33. The summed E-state index contributed by atoms with van der Waals surface area (Å²) in [6.07, 6.45) is 0. The minimum atomic E-state index is -0.321. The molecular formula is C16H14FNO2S2. The van der Waals surface area contributed by atoms with Gasteiger partial charge in [-0.1, -0.05) is 12.1 Å². The second-order valence-corrected chi connectivity index (χ2v) is 6.80. The first-order valence-electron chi connectivity index (χ1n) is 6.70. The number of hydrogen-bond donors (Lipinski definition) is 1. The number of carbonyl (C=O) groups is 1. The first-order valence-corrected chi connectivity index (χ1v) is 8.39. The number of amides is 1. The van der Waals surface area contributed by atoms with Crippen molar-refractivity contribution in [3.63, 3.8) is 0 Å². The Hall–Kier alpha value is -1.76. The Morgan fingerprint density at radius 2 is 2.18 bits per heavy atom. The van der Waals surface area contributed by atoms with Crippen LogP contribution in [0.3, 0.4) is 0 Å². The highest BCUT2D eigenvalue weighted by atomic mass is 32.1. The normalized spacial score (nSPS) is 11.0. The molecule has 0 unspecified atom stereocenters. The van der Waals surface area contributed by atoms with Crippen molar-refractivity contribution in [3.05, 3.63) is 56.8 Å². The van der Waals surface area contributed by atoms with Gasteiger partial charge in [0.1, 0.15) is 5.82 Å². The molecule has 2 aromatic heterocycles. The standard InChI is InChI=1S/C16H14FNO2S2/c1-20-9-11-14-12(17)5-2-6-13(14)22-15(11)16(19)18-8-10-4-3-7-21-10/h2-7H,8-9H2,1H3,(H,18,19). The Morgan fingerprint density at radius 1 is 1.32 bits per heavy atom. The molecule has 22 heavy (non-hydrogen) atoms. The second-order valence-electron chi connectivity index (χ2n) is 4.72. The van der Waals surface area contributed by atoms with Crippen LogP contribution in [0.15, 0.2) is 35.7 Å². The summed E-state index contributed by atoms with van der Waals surface area (Å²) in [4.78, 5) is 14.0. The lowest BCUT2D eigenvalue weighted by Crippen LogP contribution is -2.22. The van der Waals surface area contributed by atoms with Crippen molar-refractivity contribution >= 4 is 38.7 Å². The Balaban J connectivity index is 1.93. The second kappa shape index (κ2) is 6.56. The molecular weight excluding hydrogens is 321 g/mol. The fourth-order valence-electron chi connectivity index (χ4n) is 2.29. The van der Waals surface area contributed by atoms with Gasteiger partial charge >= 0.3 is 0 Å². The number of methoxy groups -OCH3 is 1. The van der Waals surface area contributed by atoms with Gasteiger partial charge in [-0.05, 0) is 23.6 Å². The highest BCUT2D eigenvalue weighted by molar-refractivity contribution is 7.21. The van der Waals surface area contributed by atoms with Gasteiger partial charge in [-0.2, -0.15) is 0 Å². The lowest BCUT2D eigenvalue weighted by atomic mass is 10.1. The molecule has 0 saturated heterocycles. The van der Waals surface area contributed by atoms with Crippen LogP contribution in [0.4, 0.5) is 4.39 Å². The minimum absolute atomic E-state index is 0.193. The van der Waals surface area contributed by atoms with E-state index in [1.165, 1.54) is 24.5 Å². The van der Waals surface area contributed by atoms with E-state index in [1.807, 2.05) is 23.6 Å². The van der Waals surface area contributed by atoms with Gasteiger partial charge in [-0.25, -0.2) is 4.39 Å². The molecule has 0 saturated carbocycles. The molecule has 3 rings (SSSR count). The Morgan fingerprint density at radius 3 is 2.91 bits per heavy atom. The molecule has 0 bridgehead atoms. The first kappa shape index (κ1) is 15.1. The van der Waals surface area contributed by atoms with Crippen molar-refractivity contribution in [2.45, 2.75) is 13.2 Å². The molecule has 1 N–H and O–H groups in total. The van der Waals surface area contributed by atoms with Crippen LogP contribution in [-0.4, -0.2) is 13.0 Å². The predicted molar refractivity (Wildman–Crippen MR) is 88.0 cm³/mol. The summed E-state index contributed by atoms with van der Waals surface area (Å²) >= 11 is 2.88. The quantitative estimate of drug-likeness (QED) is 0.760. The van der Waals surface area contributed by atoms with Gasteiger partial charge in [0.25, 0.3) is 5.91 Å². The molecule has 0 aliphatic heterocycles. The van der Waals surface area contributed by atoms with Crippen LogP contribution in [0.2, 0.25) is 0 Å². The maximum Gasteiger partial charge on any atom is 0.262 e. The molecule has 1 amide bonds. The SMILES string of the molecule is COCc1c(C(=O)NCc2cccs2)sc2cccc(F)c12. The number of fused-ring (bicyclic) bond motifs is 1. The number of benzene rings is 1. The van der Waals surface area contributed by atoms with Gasteiger partial charge in [-0.15, -0.1) is 22.7 Å². The van der Waals surface area contributed by atoms with Crippen LogP contribution in [0.5, 0.6) is 0 Å². The minimum Gasteiger partial charge on any atom is -0.380 e. The molecule has 1 aromatic carbocycles. The Kier molecular flexibility index (Phi) is 4.52. The van der Waals surface area contributed by atoms with Crippen molar-refractivity contribution in [2.75, 3.05) is 7.11 Å². The summed E-state index contributed by atoms with van der Waals surface area (Å²) in [5.74, 6) is -0.515. The number of thiophene rings is 2. The van der Waals surface area contributed by atoms with E-state index in [2.05, 4.69) is 5.32 Å². The number of nitrogens with one attached hydrogen (secondary N) is 1. The third-order valence-electron chi connectivity index (χ3n) is 3.26. The zero-order valence-corrected chi connectivity index (χ0v) is 13.5. The number of halogens is 1. The van der Waals surface area contributed by atoms with E-state index >= 15 is 0 Å². The molecule has 0 aliphatic rings. The van der Waals surface area contributed by atoms with Gasteiger partial charge in [0.15, 0.2) is 0 Å². The lowest BCUT2D eigenvalue weighted by molar-refractivity contribution is 0.0951. The summed E-state index contributed by atoms with van der Waals surface area (Å²) < 4.78 is 20.0. The van der Waals surface area contributed by atoms with E-state index in [0.717, 1.165) is 9.58 Å². The average Bonchev–Trinajstić information content (AvgIpc) is 3.14. The third kappa shape index (κ3) is 2.90. The first-order chi connectivity index (χ1) is 10.7. The Labute approximate surface area is 135 Å². The van der Waals surface area contributed by atoms with E-state index < -0.39 is 0 Å². The van der Waals surface area contributed by atoms with E-state index in [-0.39, 0.29) is 18.3 Å². The zero-order chi connectivity index (χ0) is 15.5. The summed E-state index contributed by atoms with van der Waals surface area (Å²) in [7, 11) is 1.54. The van der Waals surface area contributed by atoms with Crippen molar-refractivity contribution < 1.29 is 13.9 Å². The van der Waals surface area contributed by atoms with Crippen LogP contribution >= 0.6 is 22.7 Å².